The van der Waals surface area contributed by atoms with Crippen LogP contribution in [0.5, 0.6) is 5.75 Å². The molecule has 5 heteroatoms. The summed E-state index contributed by atoms with van der Waals surface area (Å²) in [5.74, 6) is 0.411. The molecule has 0 radical (unpaired) electrons. The first-order valence-corrected chi connectivity index (χ1v) is 10.5. The van der Waals surface area contributed by atoms with Crippen LogP contribution in [0, 0.1) is 0 Å². The van der Waals surface area contributed by atoms with E-state index >= 15 is 0 Å². The Hall–Kier alpha value is -1.33. The number of carbonyl (C=O) groups is 1. The van der Waals surface area contributed by atoms with E-state index in [2.05, 4.69) is 38.6 Å². The molecule has 1 rings (SSSR count). The second-order valence-electron chi connectivity index (χ2n) is 6.83. The Morgan fingerprint density at radius 3 is 2.18 bits per heavy atom. The number of benzene rings is 1. The van der Waals surface area contributed by atoms with Gasteiger partial charge in [0.1, 0.15) is 5.75 Å². The standard InChI is InChI=1S/C17H28O4Si/c1-17(2,3)22(5,6)21-13-7-12-20-15-10-8-14(9-11-15)16(18)19-4/h8-11H,7,12-13H2,1-6H3. The summed E-state index contributed by atoms with van der Waals surface area (Å²) in [7, 11) is -0.295. The molecule has 0 amide bonds. The summed E-state index contributed by atoms with van der Waals surface area (Å²) in [5.41, 5.74) is 0.524. The number of carbonyl (C=O) groups excluding carboxylic acids is 1. The van der Waals surface area contributed by atoms with Crippen molar-refractivity contribution in [3.63, 3.8) is 0 Å². The highest BCUT2D eigenvalue weighted by Gasteiger charge is 2.36. The quantitative estimate of drug-likeness (QED) is 0.427. The van der Waals surface area contributed by atoms with Crippen LogP contribution >= 0.6 is 0 Å². The third-order valence-electron chi connectivity index (χ3n) is 4.10. The van der Waals surface area contributed by atoms with E-state index < -0.39 is 8.32 Å². The fraction of sp³-hybridized carbons (Fsp3) is 0.588. The van der Waals surface area contributed by atoms with E-state index in [0.29, 0.717) is 12.2 Å². The van der Waals surface area contributed by atoms with Gasteiger partial charge in [0.15, 0.2) is 8.32 Å². The SMILES string of the molecule is COC(=O)c1ccc(OCCCO[Si](C)(C)C(C)(C)C)cc1. The predicted molar refractivity (Wildman–Crippen MR) is 91.0 cm³/mol. The number of hydrogen-bond donors (Lipinski definition) is 0. The molecule has 0 heterocycles. The highest BCUT2D eigenvalue weighted by atomic mass is 28.4. The van der Waals surface area contributed by atoms with Crippen molar-refractivity contribution in [2.75, 3.05) is 20.3 Å². The van der Waals surface area contributed by atoms with Gasteiger partial charge in [-0.25, -0.2) is 4.79 Å². The zero-order valence-corrected chi connectivity index (χ0v) is 15.6. The second-order valence-corrected chi connectivity index (χ2v) is 11.6. The van der Waals surface area contributed by atoms with Crippen LogP contribution in [0.25, 0.3) is 0 Å². The van der Waals surface area contributed by atoms with Crippen molar-refractivity contribution in [1.82, 2.24) is 0 Å². The molecule has 0 saturated heterocycles. The minimum Gasteiger partial charge on any atom is -0.494 e. The zero-order chi connectivity index (χ0) is 16.8. The van der Waals surface area contributed by atoms with Crippen molar-refractivity contribution in [2.45, 2.75) is 45.3 Å². The fourth-order valence-corrected chi connectivity index (χ4v) is 2.69. The first kappa shape index (κ1) is 18.7. The molecule has 1 aromatic rings. The number of methoxy groups -OCH3 is 1. The lowest BCUT2D eigenvalue weighted by atomic mass is 10.2. The molecule has 0 aliphatic carbocycles. The molecule has 0 aliphatic rings. The van der Waals surface area contributed by atoms with E-state index in [1.165, 1.54) is 7.11 Å². The number of ether oxygens (including phenoxy) is 2. The van der Waals surface area contributed by atoms with Crippen LogP contribution in [0.2, 0.25) is 18.1 Å². The Morgan fingerprint density at radius 1 is 1.09 bits per heavy atom. The maximum absolute atomic E-state index is 11.3. The third-order valence-corrected chi connectivity index (χ3v) is 8.64. The van der Waals surface area contributed by atoms with Crippen LogP contribution in [0.15, 0.2) is 24.3 Å². The van der Waals surface area contributed by atoms with Crippen LogP contribution in [0.4, 0.5) is 0 Å². The Labute approximate surface area is 134 Å². The Kier molecular flexibility index (Phi) is 6.62. The highest BCUT2D eigenvalue weighted by Crippen LogP contribution is 2.36. The lowest BCUT2D eigenvalue weighted by molar-refractivity contribution is 0.0600. The van der Waals surface area contributed by atoms with Crippen LogP contribution < -0.4 is 4.74 Å². The molecule has 0 aliphatic heterocycles. The summed E-state index contributed by atoms with van der Waals surface area (Å²) in [6.45, 7) is 12.5. The number of hydrogen-bond acceptors (Lipinski definition) is 4. The molecule has 0 N–H and O–H groups in total. The summed E-state index contributed by atoms with van der Waals surface area (Å²) in [6.07, 6.45) is 0.852. The second kappa shape index (κ2) is 7.79. The largest absolute Gasteiger partial charge is 0.494 e. The van der Waals surface area contributed by atoms with Crippen molar-refractivity contribution in [2.24, 2.45) is 0 Å². The molecule has 0 bridgehead atoms. The van der Waals surface area contributed by atoms with Gasteiger partial charge in [-0.15, -0.1) is 0 Å². The smallest absolute Gasteiger partial charge is 0.337 e. The Morgan fingerprint density at radius 2 is 1.68 bits per heavy atom. The zero-order valence-electron chi connectivity index (χ0n) is 14.6. The molecule has 0 unspecified atom stereocenters. The Bertz CT molecular complexity index is 474. The number of esters is 1. The van der Waals surface area contributed by atoms with Gasteiger partial charge in [-0.3, -0.25) is 0 Å². The van der Waals surface area contributed by atoms with Crippen molar-refractivity contribution in [3.05, 3.63) is 29.8 Å². The van der Waals surface area contributed by atoms with Crippen molar-refractivity contribution in [1.29, 1.82) is 0 Å². The van der Waals surface area contributed by atoms with Crippen LogP contribution in [0.3, 0.4) is 0 Å². The molecule has 0 aromatic heterocycles. The third kappa shape index (κ3) is 5.46. The van der Waals surface area contributed by atoms with E-state index in [9.17, 15) is 4.79 Å². The van der Waals surface area contributed by atoms with Gasteiger partial charge in [0.05, 0.1) is 19.3 Å². The van der Waals surface area contributed by atoms with Crippen LogP contribution in [0.1, 0.15) is 37.6 Å². The minimum atomic E-state index is -1.67. The Balaban J connectivity index is 2.32. The summed E-state index contributed by atoms with van der Waals surface area (Å²) in [6, 6.07) is 6.96. The molecule has 0 fully saturated rings. The topological polar surface area (TPSA) is 44.8 Å². The van der Waals surface area contributed by atoms with Crippen molar-refractivity contribution in [3.8, 4) is 5.75 Å². The van der Waals surface area contributed by atoms with E-state index in [1.807, 2.05) is 0 Å². The summed E-state index contributed by atoms with van der Waals surface area (Å²) in [4.78, 5) is 11.3. The van der Waals surface area contributed by atoms with Crippen molar-refractivity contribution >= 4 is 14.3 Å². The molecule has 0 spiro atoms. The molecule has 4 nitrogen and oxygen atoms in total. The first-order valence-electron chi connectivity index (χ1n) is 7.62. The monoisotopic (exact) mass is 324 g/mol. The molecular formula is C17H28O4Si. The summed E-state index contributed by atoms with van der Waals surface area (Å²) >= 11 is 0. The van der Waals surface area contributed by atoms with Crippen LogP contribution in [-0.2, 0) is 9.16 Å². The van der Waals surface area contributed by atoms with Crippen LogP contribution in [-0.4, -0.2) is 34.6 Å². The highest BCUT2D eigenvalue weighted by molar-refractivity contribution is 6.74. The van der Waals surface area contributed by atoms with Gasteiger partial charge in [-0.1, -0.05) is 20.8 Å². The van der Waals surface area contributed by atoms with Gasteiger partial charge < -0.3 is 13.9 Å². The lowest BCUT2D eigenvalue weighted by Crippen LogP contribution is -2.41. The number of rotatable bonds is 7. The molecule has 22 heavy (non-hydrogen) atoms. The normalized spacial score (nSPS) is 12.1. The van der Waals surface area contributed by atoms with E-state index in [1.54, 1.807) is 24.3 Å². The first-order chi connectivity index (χ1) is 10.2. The molecule has 124 valence electrons. The molecular weight excluding hydrogens is 296 g/mol. The average molecular weight is 324 g/mol. The average Bonchev–Trinajstić information content (AvgIpc) is 2.45. The van der Waals surface area contributed by atoms with Gasteiger partial charge in [-0.05, 0) is 42.4 Å². The predicted octanol–water partition coefficient (Wildman–Crippen LogP) is 4.26. The van der Waals surface area contributed by atoms with Crippen molar-refractivity contribution < 1.29 is 18.7 Å². The molecule has 0 saturated carbocycles. The maximum Gasteiger partial charge on any atom is 0.337 e. The van der Waals surface area contributed by atoms with Gasteiger partial charge >= 0.3 is 5.97 Å². The molecule has 0 atom stereocenters. The minimum absolute atomic E-state index is 0.234. The lowest BCUT2D eigenvalue weighted by Gasteiger charge is -2.36. The molecule has 1 aromatic carbocycles. The van der Waals surface area contributed by atoms with Gasteiger partial charge in [0.25, 0.3) is 0 Å². The van der Waals surface area contributed by atoms with Gasteiger partial charge in [0, 0.05) is 13.0 Å². The van der Waals surface area contributed by atoms with Gasteiger partial charge in [0.2, 0.25) is 0 Å². The summed E-state index contributed by atoms with van der Waals surface area (Å²) < 4.78 is 16.4. The van der Waals surface area contributed by atoms with E-state index in [0.717, 1.165) is 18.8 Å². The fourth-order valence-electron chi connectivity index (χ4n) is 1.60. The maximum atomic E-state index is 11.3. The van der Waals surface area contributed by atoms with E-state index in [4.69, 9.17) is 9.16 Å². The van der Waals surface area contributed by atoms with Gasteiger partial charge in [-0.2, -0.15) is 0 Å². The van der Waals surface area contributed by atoms with E-state index in [-0.39, 0.29) is 11.0 Å². The summed E-state index contributed by atoms with van der Waals surface area (Å²) in [5, 5.41) is 0.234.